The Kier molecular flexibility index (Phi) is 6.60. The van der Waals surface area contributed by atoms with Crippen LogP contribution in [0.15, 0.2) is 18.3 Å². The lowest BCUT2D eigenvalue weighted by molar-refractivity contribution is -0.137. The first-order valence-electron chi connectivity index (χ1n) is 8.22. The summed E-state index contributed by atoms with van der Waals surface area (Å²) in [5.41, 5.74) is -0.769. The Hall–Kier alpha value is -1.87. The number of aromatic nitrogens is 1. The van der Waals surface area contributed by atoms with Gasteiger partial charge >= 0.3 is 6.18 Å². The topological polar surface area (TPSA) is 68.7 Å². The summed E-state index contributed by atoms with van der Waals surface area (Å²) in [5.74, 6) is 0.511. The molecule has 1 saturated heterocycles. The molecule has 2 N–H and O–H groups in total. The Morgan fingerprint density at radius 2 is 2.00 bits per heavy atom. The quantitative estimate of drug-likeness (QED) is 0.744. The van der Waals surface area contributed by atoms with E-state index in [4.69, 9.17) is 5.11 Å². The smallest absolute Gasteiger partial charge is 0.392 e. The number of aliphatic hydroxyl groups excluding tert-OH is 1. The summed E-state index contributed by atoms with van der Waals surface area (Å²) >= 11 is 0. The van der Waals surface area contributed by atoms with Crippen molar-refractivity contribution in [3.8, 4) is 0 Å². The van der Waals surface area contributed by atoms with Crippen molar-refractivity contribution in [2.75, 3.05) is 44.2 Å². The van der Waals surface area contributed by atoms with E-state index in [1.165, 1.54) is 6.07 Å². The number of amides is 1. The molecule has 2 rings (SSSR count). The van der Waals surface area contributed by atoms with E-state index >= 15 is 0 Å². The van der Waals surface area contributed by atoms with Gasteiger partial charge in [0.2, 0.25) is 5.91 Å². The van der Waals surface area contributed by atoms with Crippen molar-refractivity contribution in [1.82, 2.24) is 15.2 Å². The first-order chi connectivity index (χ1) is 11.8. The molecule has 0 radical (unpaired) electrons. The molecule has 6 nitrogen and oxygen atoms in total. The van der Waals surface area contributed by atoms with Gasteiger partial charge in [-0.25, -0.2) is 4.98 Å². The molecule has 1 aromatic heterocycles. The van der Waals surface area contributed by atoms with E-state index in [0.717, 1.165) is 12.3 Å². The van der Waals surface area contributed by atoms with Crippen LogP contribution >= 0.6 is 0 Å². The highest BCUT2D eigenvalue weighted by Crippen LogP contribution is 2.29. The van der Waals surface area contributed by atoms with Crippen molar-refractivity contribution in [3.63, 3.8) is 0 Å². The monoisotopic (exact) mass is 360 g/mol. The molecule has 2 heterocycles. The number of alkyl halides is 3. The van der Waals surface area contributed by atoms with Crippen LogP contribution in [0.3, 0.4) is 0 Å². The fraction of sp³-hybridized carbons (Fsp3) is 0.625. The Balaban J connectivity index is 1.78. The average Bonchev–Trinajstić information content (AvgIpc) is 2.58. The van der Waals surface area contributed by atoms with Crippen molar-refractivity contribution in [2.24, 2.45) is 0 Å². The SMILES string of the molecule is C[C@H](O)CNCCC(=O)N1CCN(c2ccc(C(F)(F)F)cn2)CC1. The average molecular weight is 360 g/mol. The summed E-state index contributed by atoms with van der Waals surface area (Å²) in [7, 11) is 0. The van der Waals surface area contributed by atoms with Crippen molar-refractivity contribution in [1.29, 1.82) is 0 Å². The Bertz CT molecular complexity index is 555. The number of carbonyl (C=O) groups is 1. The lowest BCUT2D eigenvalue weighted by Crippen LogP contribution is -2.49. The third-order valence-electron chi connectivity index (χ3n) is 3.99. The molecular weight excluding hydrogens is 337 g/mol. The van der Waals surface area contributed by atoms with Crippen molar-refractivity contribution >= 4 is 11.7 Å². The van der Waals surface area contributed by atoms with Gasteiger partial charge in [-0.15, -0.1) is 0 Å². The minimum atomic E-state index is -4.39. The number of piperazine rings is 1. The van der Waals surface area contributed by atoms with Gasteiger partial charge in [0.15, 0.2) is 0 Å². The van der Waals surface area contributed by atoms with Gasteiger partial charge in [0.1, 0.15) is 5.82 Å². The molecule has 1 atom stereocenters. The maximum atomic E-state index is 12.6. The number of halogens is 3. The maximum absolute atomic E-state index is 12.6. The number of anilines is 1. The zero-order valence-corrected chi connectivity index (χ0v) is 14.1. The molecule has 0 bridgehead atoms. The number of carbonyl (C=O) groups excluding carboxylic acids is 1. The van der Waals surface area contributed by atoms with Crippen LogP contribution in [-0.2, 0) is 11.0 Å². The predicted octanol–water partition coefficient (Wildman–Crippen LogP) is 1.11. The van der Waals surface area contributed by atoms with E-state index in [1.807, 2.05) is 4.90 Å². The van der Waals surface area contributed by atoms with Crippen LogP contribution in [0.2, 0.25) is 0 Å². The second-order valence-corrected chi connectivity index (χ2v) is 6.07. The Morgan fingerprint density at radius 1 is 1.32 bits per heavy atom. The van der Waals surface area contributed by atoms with E-state index < -0.39 is 17.8 Å². The molecule has 0 saturated carbocycles. The first-order valence-corrected chi connectivity index (χ1v) is 8.22. The highest BCUT2D eigenvalue weighted by atomic mass is 19.4. The predicted molar refractivity (Wildman–Crippen MR) is 87.2 cm³/mol. The number of pyridine rings is 1. The van der Waals surface area contributed by atoms with Crippen molar-refractivity contribution in [2.45, 2.75) is 25.6 Å². The van der Waals surface area contributed by atoms with Crippen LogP contribution < -0.4 is 10.2 Å². The van der Waals surface area contributed by atoms with Crippen LogP contribution in [-0.4, -0.2) is 66.3 Å². The summed E-state index contributed by atoms with van der Waals surface area (Å²) in [5, 5.41) is 12.1. The zero-order valence-electron chi connectivity index (χ0n) is 14.1. The van der Waals surface area contributed by atoms with Crippen molar-refractivity contribution in [3.05, 3.63) is 23.9 Å². The molecule has 1 aliphatic heterocycles. The lowest BCUT2D eigenvalue weighted by Gasteiger charge is -2.35. The van der Waals surface area contributed by atoms with Crippen LogP contribution in [0, 0.1) is 0 Å². The van der Waals surface area contributed by atoms with E-state index in [-0.39, 0.29) is 5.91 Å². The van der Waals surface area contributed by atoms with Gasteiger partial charge in [0, 0.05) is 51.9 Å². The second kappa shape index (κ2) is 8.48. The first kappa shape index (κ1) is 19.5. The number of hydrogen-bond donors (Lipinski definition) is 2. The highest BCUT2D eigenvalue weighted by Gasteiger charge is 2.31. The van der Waals surface area contributed by atoms with Crippen LogP contribution in [0.4, 0.5) is 19.0 Å². The maximum Gasteiger partial charge on any atom is 0.417 e. The number of nitrogens with one attached hydrogen (secondary N) is 1. The van der Waals surface area contributed by atoms with Gasteiger partial charge in [-0.2, -0.15) is 13.2 Å². The number of rotatable bonds is 6. The molecule has 1 aliphatic rings. The number of nitrogens with zero attached hydrogens (tertiary/aromatic N) is 3. The molecule has 0 unspecified atom stereocenters. The largest absolute Gasteiger partial charge is 0.417 e. The normalized spacial score (nSPS) is 16.8. The molecule has 25 heavy (non-hydrogen) atoms. The number of aliphatic hydroxyl groups is 1. The second-order valence-electron chi connectivity index (χ2n) is 6.07. The third-order valence-corrected chi connectivity index (χ3v) is 3.99. The molecule has 1 fully saturated rings. The molecule has 0 aliphatic carbocycles. The molecule has 0 aromatic carbocycles. The standard InChI is InChI=1S/C16H23F3N4O2/c1-12(24)10-20-5-4-15(25)23-8-6-22(7-9-23)14-3-2-13(11-21-14)16(17,18)19/h2-3,11-12,20,24H,4-10H2,1H3/t12-/m0/s1. The molecule has 1 aromatic rings. The minimum absolute atomic E-state index is 0.0260. The van der Waals surface area contributed by atoms with E-state index in [1.54, 1.807) is 11.8 Å². The molecular formula is C16H23F3N4O2. The van der Waals surface area contributed by atoms with E-state index in [0.29, 0.717) is 51.5 Å². The zero-order chi connectivity index (χ0) is 18.4. The van der Waals surface area contributed by atoms with Gasteiger partial charge in [-0.1, -0.05) is 0 Å². The van der Waals surface area contributed by atoms with Crippen LogP contribution in [0.5, 0.6) is 0 Å². The summed E-state index contributed by atoms with van der Waals surface area (Å²) in [6.45, 7) is 4.71. The van der Waals surface area contributed by atoms with Gasteiger partial charge in [-0.3, -0.25) is 4.79 Å². The van der Waals surface area contributed by atoms with Gasteiger partial charge < -0.3 is 20.2 Å². The Morgan fingerprint density at radius 3 is 2.52 bits per heavy atom. The summed E-state index contributed by atoms with van der Waals surface area (Å²) < 4.78 is 37.7. The summed E-state index contributed by atoms with van der Waals surface area (Å²) in [6.07, 6.45) is -3.65. The highest BCUT2D eigenvalue weighted by molar-refractivity contribution is 5.76. The summed E-state index contributed by atoms with van der Waals surface area (Å²) in [6, 6.07) is 2.38. The van der Waals surface area contributed by atoms with Crippen LogP contribution in [0.25, 0.3) is 0 Å². The van der Waals surface area contributed by atoms with Gasteiger partial charge in [0.25, 0.3) is 0 Å². The van der Waals surface area contributed by atoms with E-state index in [9.17, 15) is 18.0 Å². The Labute approximate surface area is 144 Å². The van der Waals surface area contributed by atoms with Gasteiger partial charge in [0.05, 0.1) is 11.7 Å². The third kappa shape index (κ3) is 5.86. The molecule has 1 amide bonds. The molecule has 140 valence electrons. The molecule has 0 spiro atoms. The minimum Gasteiger partial charge on any atom is -0.392 e. The van der Waals surface area contributed by atoms with Gasteiger partial charge in [-0.05, 0) is 19.1 Å². The lowest BCUT2D eigenvalue weighted by atomic mass is 10.2. The van der Waals surface area contributed by atoms with Crippen molar-refractivity contribution < 1.29 is 23.1 Å². The fourth-order valence-corrected chi connectivity index (χ4v) is 2.59. The molecule has 9 heteroatoms. The van der Waals surface area contributed by atoms with E-state index in [2.05, 4.69) is 10.3 Å². The summed E-state index contributed by atoms with van der Waals surface area (Å²) in [4.78, 5) is 19.6. The van der Waals surface area contributed by atoms with Crippen LogP contribution in [0.1, 0.15) is 18.9 Å². The number of hydrogen-bond acceptors (Lipinski definition) is 5. The fourth-order valence-electron chi connectivity index (χ4n) is 2.59.